The number of fused-ring (bicyclic) bond motifs is 4. The highest BCUT2D eigenvalue weighted by Gasteiger charge is 2.39. The maximum atomic E-state index is 2.46. The summed E-state index contributed by atoms with van der Waals surface area (Å²) < 4.78 is 0. The van der Waals surface area contributed by atoms with Crippen molar-refractivity contribution >= 4 is 139 Å². The zero-order valence-electron chi connectivity index (χ0n) is 92.2. The Morgan fingerprint density at radius 3 is 0.594 bits per heavy atom. The lowest BCUT2D eigenvalue weighted by Crippen LogP contribution is -2.60. The summed E-state index contributed by atoms with van der Waals surface area (Å²) in [7, 11) is 0. The van der Waals surface area contributed by atoms with E-state index < -0.39 is 0 Å². The molecule has 2 aliphatic rings. The maximum Gasteiger partial charge on any atom is 0.242 e. The molecule has 0 aliphatic carbocycles. The summed E-state index contributed by atoms with van der Waals surface area (Å²) in [6.07, 6.45) is 2.05. The molecule has 0 amide bonds. The average Bonchev–Trinajstić information content (AvgIpc) is 0.733. The van der Waals surface area contributed by atoms with E-state index in [9.17, 15) is 0 Å². The molecule has 2 aliphatic heterocycles. The highest BCUT2D eigenvalue weighted by molar-refractivity contribution is 7.00. The van der Waals surface area contributed by atoms with Crippen LogP contribution in [0.3, 0.4) is 0 Å². The minimum absolute atomic E-state index is 0.167. The first kappa shape index (κ1) is 102. The van der Waals surface area contributed by atoms with Gasteiger partial charge in [0.05, 0.1) is 0 Å². The average molecular weight is 1860 g/mol. The van der Waals surface area contributed by atoms with Crippen LogP contribution in [0.15, 0.2) is 261 Å². The number of hydrogen-bond donors (Lipinski definition) is 0. The van der Waals surface area contributed by atoms with E-state index in [2.05, 4.69) is 489 Å². The summed E-state index contributed by atoms with van der Waals surface area (Å²) >= 11 is 0. The molecule has 0 N–H and O–H groups in total. The van der Waals surface area contributed by atoms with Gasteiger partial charge in [0.15, 0.2) is 0 Å². The third-order valence-corrected chi connectivity index (χ3v) is 32.2. The number of hydrogen-bond acceptors (Lipinski definition) is 0. The Bertz CT molecular complexity index is 7100. The monoisotopic (exact) mass is 1860 g/mol. The Labute approximate surface area is 862 Å². The predicted molar refractivity (Wildman–Crippen MR) is 637 cm³/mol. The summed E-state index contributed by atoms with van der Waals surface area (Å²) in [4.78, 5) is 0. The minimum atomic E-state index is 0.167. The van der Waals surface area contributed by atoms with Crippen LogP contribution in [0.5, 0.6) is 0 Å². The van der Waals surface area contributed by atoms with Gasteiger partial charge in [-0.3, -0.25) is 0 Å². The molecule has 17 aromatic rings. The molecule has 0 bridgehead atoms. The van der Waals surface area contributed by atoms with Crippen LogP contribution in [0.4, 0.5) is 0 Å². The summed E-state index contributed by atoms with van der Waals surface area (Å²) in [5.41, 5.74) is 81.3. The standard InChI is InChI=1S/C50H56B2.C48H52B2.C39H38B2/c1-29-19-35(7)47(36(8)20-29)51(48-37(9)21-30(2)22-38(48)10)43-15-17-45(33(5)27-43)46-18-16-44(28-34(46)6)52(49-39(11)23-31(3)24-40(49)12)50-41(13)25-32(4)26-42(50)14;1-29-21-33(5)45(34(6)22-29)49(46-35(7)23-30(2)24-36(46)8)43-17-13-41(14-18-43)42-15-19-44(20-16-42)50(47-37(9)25-31(3)26-38(47)10)48-39(11)27-32(4)28-40(48)12;1-23-8-13-36-30(17-23)21-31-18-24(2)14-27(5)37(31)40(36)34-9-11-35(12-10-34)41-38-28(6)15-25(3)19-32(38)22-33-20-26(4)16-29(7)39(33)41/h15-28H,1-14H3;13-28H,1-12H3;8-20H,21-22H2,1-7H3. The second-order valence-corrected chi connectivity index (χ2v) is 44.7. The lowest BCUT2D eigenvalue weighted by molar-refractivity contribution is 1.16. The highest BCUT2D eigenvalue weighted by Crippen LogP contribution is 2.31. The lowest BCUT2D eigenvalue weighted by Gasteiger charge is -2.32. The minimum Gasteiger partial charge on any atom is -0.0687 e. The summed E-state index contributed by atoms with van der Waals surface area (Å²) in [6, 6.07) is 102. The van der Waals surface area contributed by atoms with Crippen molar-refractivity contribution in [2.75, 3.05) is 0 Å². The van der Waals surface area contributed by atoms with Gasteiger partial charge in [0, 0.05) is 0 Å². The molecule has 0 saturated carbocycles. The molecule has 0 atom stereocenters. The Morgan fingerprint density at radius 1 is 0.154 bits per heavy atom. The molecule has 0 radical (unpaired) electrons. The first-order valence-corrected chi connectivity index (χ1v) is 52.5. The normalized spacial score (nSPS) is 11.9. The van der Waals surface area contributed by atoms with Gasteiger partial charge in [0.2, 0.25) is 40.3 Å². The van der Waals surface area contributed by atoms with Crippen LogP contribution >= 0.6 is 0 Å². The molecule has 0 unspecified atom stereocenters. The summed E-state index contributed by atoms with van der Waals surface area (Å²) in [6.45, 7) is 75.9. The van der Waals surface area contributed by atoms with Crippen LogP contribution in [-0.2, 0) is 12.8 Å². The zero-order chi connectivity index (χ0) is 102. The van der Waals surface area contributed by atoms with Gasteiger partial charge >= 0.3 is 0 Å². The molecule has 17 aromatic carbocycles. The van der Waals surface area contributed by atoms with Crippen LogP contribution < -0.4 is 98.3 Å². The van der Waals surface area contributed by atoms with Crippen LogP contribution in [-0.4, -0.2) is 40.3 Å². The quantitative estimate of drug-likeness (QED) is 0.0846. The van der Waals surface area contributed by atoms with Crippen LogP contribution in [0.2, 0.25) is 0 Å². The van der Waals surface area contributed by atoms with Gasteiger partial charge in [-0.05, 0) is 297 Å². The van der Waals surface area contributed by atoms with Crippen molar-refractivity contribution in [3.05, 3.63) is 467 Å². The van der Waals surface area contributed by atoms with Crippen molar-refractivity contribution in [2.24, 2.45) is 0 Å². The second-order valence-electron chi connectivity index (χ2n) is 44.7. The van der Waals surface area contributed by atoms with Crippen molar-refractivity contribution in [2.45, 2.75) is 241 Å². The largest absolute Gasteiger partial charge is 0.242 e. The topological polar surface area (TPSA) is 0 Å². The summed E-state index contributed by atoms with van der Waals surface area (Å²) in [5.74, 6) is 0. The van der Waals surface area contributed by atoms with E-state index in [1.54, 1.807) is 0 Å². The third kappa shape index (κ3) is 20.4. The molecule has 19 rings (SSSR count). The van der Waals surface area contributed by atoms with Crippen molar-refractivity contribution in [1.29, 1.82) is 0 Å². The Balaban J connectivity index is 0.000000148. The fraction of sp³-hybridized carbons (Fsp3) is 0.255. The molecule has 0 spiro atoms. The molecule has 712 valence electrons. The SMILES string of the molecule is Cc1cc(C)c(B(c2ccc(-c3ccc(B(c4c(C)cc(C)cc4C)c4c(C)cc(C)cc4C)cc3)cc2)c2c(C)cc(C)cc2C)c(C)c1.Cc1cc(C)c(B(c2ccc(-c3ccc(B(c4c(C)cc(C)cc4C)c4c(C)cc(C)cc4C)cc3C)c(C)c2)c2c(C)cc(C)cc2C)c(C)c1.Cc1ccc2c(c1)Cc1cc(C)cc(C)c1B2c1ccc(B2c3c(C)cc(C)cc3Cc3cc(C)cc(C)c32)cc1. The van der Waals surface area contributed by atoms with E-state index in [0.717, 1.165) is 12.8 Å². The van der Waals surface area contributed by atoms with Crippen molar-refractivity contribution < 1.29 is 0 Å². The van der Waals surface area contributed by atoms with E-state index in [-0.39, 0.29) is 40.3 Å². The van der Waals surface area contributed by atoms with Crippen LogP contribution in [0, 0.1) is 228 Å². The van der Waals surface area contributed by atoms with Crippen molar-refractivity contribution in [3.63, 3.8) is 0 Å². The van der Waals surface area contributed by atoms with Gasteiger partial charge in [-0.15, -0.1) is 0 Å². The number of rotatable bonds is 16. The van der Waals surface area contributed by atoms with Crippen LogP contribution in [0.1, 0.15) is 206 Å². The number of benzene rings is 17. The Morgan fingerprint density at radius 2 is 0.350 bits per heavy atom. The molecule has 6 heteroatoms. The molecule has 0 fully saturated rings. The second kappa shape index (κ2) is 41.1. The zero-order valence-corrected chi connectivity index (χ0v) is 92.2. The maximum absolute atomic E-state index is 2.46. The third-order valence-electron chi connectivity index (χ3n) is 32.2. The lowest BCUT2D eigenvalue weighted by atomic mass is 9.31. The van der Waals surface area contributed by atoms with E-state index in [0.29, 0.717) is 0 Å². The van der Waals surface area contributed by atoms with Gasteiger partial charge in [0.25, 0.3) is 0 Å². The molecule has 0 nitrogen and oxygen atoms in total. The van der Waals surface area contributed by atoms with Crippen LogP contribution in [0.25, 0.3) is 22.3 Å². The van der Waals surface area contributed by atoms with Gasteiger partial charge in [0.1, 0.15) is 0 Å². The van der Waals surface area contributed by atoms with Gasteiger partial charge in [-0.1, -0.05) is 532 Å². The van der Waals surface area contributed by atoms with Crippen molar-refractivity contribution in [1.82, 2.24) is 0 Å². The van der Waals surface area contributed by atoms with Gasteiger partial charge in [-0.2, -0.15) is 0 Å². The molecule has 0 saturated heterocycles. The molecular formula is C137H146B6. The molecule has 143 heavy (non-hydrogen) atoms. The number of aryl methyl sites for hydroxylation is 33. The first-order valence-electron chi connectivity index (χ1n) is 52.5. The first-order chi connectivity index (χ1) is 67.9. The fourth-order valence-electron chi connectivity index (χ4n) is 27.5. The fourth-order valence-corrected chi connectivity index (χ4v) is 27.5. The molecular weight excluding hydrogens is 1710 g/mol. The summed E-state index contributed by atoms with van der Waals surface area (Å²) in [5, 5.41) is 0. The van der Waals surface area contributed by atoms with E-state index in [1.165, 1.54) is 326 Å². The van der Waals surface area contributed by atoms with Gasteiger partial charge < -0.3 is 0 Å². The molecule has 2 heterocycles. The van der Waals surface area contributed by atoms with Gasteiger partial charge in [-0.25, -0.2) is 0 Å². The van der Waals surface area contributed by atoms with Crippen molar-refractivity contribution in [3.8, 4) is 22.3 Å². The van der Waals surface area contributed by atoms with E-state index in [1.807, 2.05) is 0 Å². The smallest absolute Gasteiger partial charge is 0.0687 e. The predicted octanol–water partition coefficient (Wildman–Crippen LogP) is 21.5. The molecule has 0 aromatic heterocycles. The van der Waals surface area contributed by atoms with E-state index in [4.69, 9.17) is 0 Å². The van der Waals surface area contributed by atoms with E-state index >= 15 is 0 Å². The highest BCUT2D eigenvalue weighted by atomic mass is 14.3. The Kier molecular flexibility index (Phi) is 29.2. The Hall–Kier alpha value is -12.9.